The van der Waals surface area contributed by atoms with E-state index in [1.807, 2.05) is 0 Å². The van der Waals surface area contributed by atoms with Gasteiger partial charge in [0.05, 0.1) is 22.0 Å². The van der Waals surface area contributed by atoms with Gasteiger partial charge in [0.1, 0.15) is 10.7 Å². The highest BCUT2D eigenvalue weighted by molar-refractivity contribution is 6.53. The molecule has 178 valence electrons. The van der Waals surface area contributed by atoms with Gasteiger partial charge in [-0.1, -0.05) is 53.5 Å². The molecular formula is C24H14Cl2F3N3O3. The summed E-state index contributed by atoms with van der Waals surface area (Å²) in [5.74, 6) is -2.36. The molecule has 1 aliphatic rings. The molecule has 3 aromatic rings. The second-order valence-corrected chi connectivity index (χ2v) is 8.07. The minimum absolute atomic E-state index is 0.00318. The molecule has 2 N–H and O–H groups in total. The molecule has 1 heterocycles. The van der Waals surface area contributed by atoms with Crippen LogP contribution in [0.15, 0.2) is 83.5 Å². The fourth-order valence-corrected chi connectivity index (χ4v) is 3.81. The molecule has 35 heavy (non-hydrogen) atoms. The Morgan fingerprint density at radius 2 is 1.54 bits per heavy atom. The lowest BCUT2D eigenvalue weighted by atomic mass is 10.1. The average Bonchev–Trinajstić information content (AvgIpc) is 3.02. The molecule has 3 aromatic carbocycles. The number of benzene rings is 3. The number of nitrogens with zero attached hydrogens (tertiary/aromatic N) is 1. The van der Waals surface area contributed by atoms with Crippen molar-refractivity contribution in [1.82, 2.24) is 0 Å². The van der Waals surface area contributed by atoms with E-state index in [1.54, 1.807) is 12.1 Å². The van der Waals surface area contributed by atoms with Crippen LogP contribution in [-0.2, 0) is 15.8 Å². The van der Waals surface area contributed by atoms with Crippen LogP contribution in [0.1, 0.15) is 15.9 Å². The Morgan fingerprint density at radius 1 is 0.857 bits per heavy atom. The first-order chi connectivity index (χ1) is 16.6. The standard InChI is InChI=1S/C24H14Cl2F3N3O3/c25-16-9-2-4-11-18(16)32-22(34)19(26)20(23(32)35)30-14-7-5-6-13(12-14)21(33)31-17-10-3-1-8-15(17)24(27,28)29/h1-12,30H,(H,31,33). The van der Waals surface area contributed by atoms with Gasteiger partial charge in [0, 0.05) is 11.3 Å². The predicted molar refractivity (Wildman–Crippen MR) is 126 cm³/mol. The Kier molecular flexibility index (Phi) is 6.56. The fourth-order valence-electron chi connectivity index (χ4n) is 3.38. The highest BCUT2D eigenvalue weighted by Gasteiger charge is 2.40. The molecule has 0 aliphatic carbocycles. The lowest BCUT2D eigenvalue weighted by Gasteiger charge is -2.16. The van der Waals surface area contributed by atoms with Gasteiger partial charge in [0.2, 0.25) is 0 Å². The number of hydrogen-bond acceptors (Lipinski definition) is 4. The van der Waals surface area contributed by atoms with Crippen LogP contribution >= 0.6 is 23.2 Å². The van der Waals surface area contributed by atoms with Crippen molar-refractivity contribution in [3.63, 3.8) is 0 Å². The van der Waals surface area contributed by atoms with Crippen LogP contribution in [0.2, 0.25) is 5.02 Å². The van der Waals surface area contributed by atoms with E-state index in [-0.39, 0.29) is 32.7 Å². The molecule has 4 rings (SSSR count). The zero-order chi connectivity index (χ0) is 25.3. The molecule has 0 unspecified atom stereocenters. The summed E-state index contributed by atoms with van der Waals surface area (Å²) in [6.07, 6.45) is -4.65. The van der Waals surface area contributed by atoms with Crippen molar-refractivity contribution in [2.24, 2.45) is 0 Å². The summed E-state index contributed by atoms with van der Waals surface area (Å²) in [6, 6.07) is 16.4. The number of rotatable bonds is 5. The predicted octanol–water partition coefficient (Wildman–Crippen LogP) is 6.05. The Labute approximate surface area is 206 Å². The molecule has 0 saturated carbocycles. The Morgan fingerprint density at radius 3 is 2.26 bits per heavy atom. The number of amides is 3. The molecule has 1 aliphatic heterocycles. The van der Waals surface area contributed by atoms with E-state index in [0.717, 1.165) is 17.0 Å². The summed E-state index contributed by atoms with van der Waals surface area (Å²) in [6.45, 7) is 0. The topological polar surface area (TPSA) is 78.5 Å². The molecule has 3 amide bonds. The van der Waals surface area contributed by atoms with E-state index in [4.69, 9.17) is 23.2 Å². The number of para-hydroxylation sites is 2. The van der Waals surface area contributed by atoms with Gasteiger partial charge in [-0.25, -0.2) is 4.90 Å². The number of imide groups is 1. The number of carbonyl (C=O) groups excluding carboxylic acids is 3. The van der Waals surface area contributed by atoms with Crippen LogP contribution in [0.3, 0.4) is 0 Å². The van der Waals surface area contributed by atoms with Gasteiger partial charge in [0.25, 0.3) is 17.7 Å². The molecule has 0 aromatic heterocycles. The summed E-state index contributed by atoms with van der Waals surface area (Å²) < 4.78 is 39.7. The summed E-state index contributed by atoms with van der Waals surface area (Å²) in [4.78, 5) is 39.0. The maximum absolute atomic E-state index is 13.2. The second-order valence-electron chi connectivity index (χ2n) is 7.29. The molecule has 0 bridgehead atoms. The van der Waals surface area contributed by atoms with Crippen LogP contribution in [0.5, 0.6) is 0 Å². The van der Waals surface area contributed by atoms with Gasteiger partial charge in [-0.3, -0.25) is 14.4 Å². The van der Waals surface area contributed by atoms with Crippen LogP contribution in [-0.4, -0.2) is 17.7 Å². The Hall–Kier alpha value is -3.82. The van der Waals surface area contributed by atoms with E-state index in [2.05, 4.69) is 10.6 Å². The van der Waals surface area contributed by atoms with Crippen molar-refractivity contribution in [1.29, 1.82) is 0 Å². The first-order valence-electron chi connectivity index (χ1n) is 9.95. The van der Waals surface area contributed by atoms with E-state index in [0.29, 0.717) is 0 Å². The lowest BCUT2D eigenvalue weighted by molar-refractivity contribution is -0.137. The van der Waals surface area contributed by atoms with Crippen LogP contribution < -0.4 is 15.5 Å². The largest absolute Gasteiger partial charge is 0.418 e. The van der Waals surface area contributed by atoms with E-state index < -0.39 is 35.1 Å². The van der Waals surface area contributed by atoms with Gasteiger partial charge in [-0.2, -0.15) is 13.2 Å². The number of hydrogen-bond donors (Lipinski definition) is 2. The summed E-state index contributed by atoms with van der Waals surface area (Å²) in [5.41, 5.74) is -1.28. The molecule has 6 nitrogen and oxygen atoms in total. The van der Waals surface area contributed by atoms with Crippen LogP contribution in [0.4, 0.5) is 30.2 Å². The van der Waals surface area contributed by atoms with Crippen molar-refractivity contribution < 1.29 is 27.6 Å². The maximum atomic E-state index is 13.2. The zero-order valence-corrected chi connectivity index (χ0v) is 19.0. The maximum Gasteiger partial charge on any atom is 0.418 e. The molecular weight excluding hydrogens is 506 g/mol. The van der Waals surface area contributed by atoms with Crippen molar-refractivity contribution in [3.05, 3.63) is 99.7 Å². The molecule has 0 radical (unpaired) electrons. The number of alkyl halides is 3. The highest BCUT2D eigenvalue weighted by atomic mass is 35.5. The molecule has 11 heteroatoms. The highest BCUT2D eigenvalue weighted by Crippen LogP contribution is 2.36. The van der Waals surface area contributed by atoms with Crippen molar-refractivity contribution in [2.75, 3.05) is 15.5 Å². The number of halogens is 5. The minimum Gasteiger partial charge on any atom is -0.350 e. The fraction of sp³-hybridized carbons (Fsp3) is 0.0417. The average molecular weight is 520 g/mol. The minimum atomic E-state index is -4.65. The van der Waals surface area contributed by atoms with Crippen molar-refractivity contribution >= 4 is 58.0 Å². The van der Waals surface area contributed by atoms with Crippen LogP contribution in [0, 0.1) is 0 Å². The third kappa shape index (κ3) is 4.87. The Balaban J connectivity index is 1.57. The summed E-state index contributed by atoms with van der Waals surface area (Å²) >= 11 is 12.2. The quantitative estimate of drug-likeness (QED) is 0.402. The second kappa shape index (κ2) is 9.44. The van der Waals surface area contributed by atoms with Gasteiger partial charge in [0.15, 0.2) is 0 Å². The first kappa shape index (κ1) is 24.3. The van der Waals surface area contributed by atoms with Gasteiger partial charge < -0.3 is 10.6 Å². The molecule has 0 atom stereocenters. The van der Waals surface area contributed by atoms with Crippen molar-refractivity contribution in [2.45, 2.75) is 6.18 Å². The smallest absolute Gasteiger partial charge is 0.350 e. The summed E-state index contributed by atoms with van der Waals surface area (Å²) in [7, 11) is 0. The molecule has 0 saturated heterocycles. The normalized spacial score (nSPS) is 13.9. The molecule has 0 spiro atoms. The van der Waals surface area contributed by atoms with E-state index in [9.17, 15) is 27.6 Å². The van der Waals surface area contributed by atoms with E-state index in [1.165, 1.54) is 48.5 Å². The monoisotopic (exact) mass is 519 g/mol. The molecule has 0 fully saturated rings. The van der Waals surface area contributed by atoms with Gasteiger partial charge in [-0.15, -0.1) is 0 Å². The van der Waals surface area contributed by atoms with Gasteiger partial charge in [-0.05, 0) is 42.5 Å². The first-order valence-corrected chi connectivity index (χ1v) is 10.7. The van der Waals surface area contributed by atoms with Gasteiger partial charge >= 0.3 is 6.18 Å². The third-order valence-corrected chi connectivity index (χ3v) is 5.67. The SMILES string of the molecule is O=C(Nc1ccccc1C(F)(F)F)c1cccc(NC2=C(Cl)C(=O)N(c3ccccc3Cl)C2=O)c1. The number of anilines is 3. The number of nitrogens with one attached hydrogen (secondary N) is 2. The van der Waals surface area contributed by atoms with Crippen LogP contribution in [0.25, 0.3) is 0 Å². The summed E-state index contributed by atoms with van der Waals surface area (Å²) in [5, 5.41) is 4.74. The lowest BCUT2D eigenvalue weighted by Crippen LogP contribution is -2.32. The van der Waals surface area contributed by atoms with Crippen molar-refractivity contribution in [3.8, 4) is 0 Å². The van der Waals surface area contributed by atoms with E-state index >= 15 is 0 Å². The third-order valence-electron chi connectivity index (χ3n) is 5.00. The zero-order valence-electron chi connectivity index (χ0n) is 17.5. The number of carbonyl (C=O) groups is 3. The Bertz CT molecular complexity index is 1390.